The topological polar surface area (TPSA) is 150 Å². The predicted octanol–water partition coefficient (Wildman–Crippen LogP) is 6.07. The highest BCUT2D eigenvalue weighted by Gasteiger charge is 2.35. The number of hydrogen-bond acceptors (Lipinski definition) is 15. The lowest BCUT2D eigenvalue weighted by Crippen LogP contribution is -2.59. The molecule has 1 unspecified atom stereocenters. The van der Waals surface area contributed by atoms with Crippen LogP contribution < -0.4 is 26.6 Å². The number of nitrogens with zero attached hydrogens (tertiary/aromatic N) is 6. The van der Waals surface area contributed by atoms with E-state index in [0.717, 1.165) is 97.3 Å². The Morgan fingerprint density at radius 1 is 0.481 bits per heavy atom. The van der Waals surface area contributed by atoms with Gasteiger partial charge in [0.2, 0.25) is 0 Å². The molecule has 0 aromatic rings. The monoisotopic (exact) mass is 1100 g/mol. The molecule has 15 heteroatoms. The number of aliphatic hydroxyl groups is 3. The fourth-order valence-electron chi connectivity index (χ4n) is 12.2. The van der Waals surface area contributed by atoms with Gasteiger partial charge in [0.1, 0.15) is 0 Å². The van der Waals surface area contributed by atoms with Gasteiger partial charge in [-0.2, -0.15) is 0 Å². The summed E-state index contributed by atoms with van der Waals surface area (Å²) >= 11 is 0. The summed E-state index contributed by atoms with van der Waals surface area (Å²) in [7, 11) is 15.2. The highest BCUT2D eigenvalue weighted by molar-refractivity contribution is 4.92. The van der Waals surface area contributed by atoms with Crippen molar-refractivity contribution in [3.05, 3.63) is 0 Å². The molecule has 1 heterocycles. The molecule has 462 valence electrons. The quantitative estimate of drug-likeness (QED) is 0.0803. The summed E-state index contributed by atoms with van der Waals surface area (Å²) < 4.78 is 6.07. The molecule has 0 spiro atoms. The first-order valence-electron chi connectivity index (χ1n) is 31.4. The van der Waals surface area contributed by atoms with E-state index in [2.05, 4.69) is 202 Å². The molecule has 1 aliphatic rings. The van der Waals surface area contributed by atoms with E-state index in [1.54, 1.807) is 7.11 Å². The molecule has 1 saturated heterocycles. The average Bonchev–Trinajstić information content (AvgIpc) is 3.33. The Morgan fingerprint density at radius 2 is 0.935 bits per heavy atom. The molecule has 0 aliphatic carbocycles. The Balaban J connectivity index is 3.83. The molecule has 15 atom stereocenters. The van der Waals surface area contributed by atoms with Crippen LogP contribution in [0.1, 0.15) is 156 Å². The zero-order valence-electron chi connectivity index (χ0n) is 54.9. The summed E-state index contributed by atoms with van der Waals surface area (Å²) in [5.41, 5.74) is 0. The number of rotatable bonds is 18. The van der Waals surface area contributed by atoms with Crippen molar-refractivity contribution in [1.29, 1.82) is 0 Å². The van der Waals surface area contributed by atoms with Gasteiger partial charge in [-0.15, -0.1) is 0 Å². The molecule has 0 radical (unpaired) electrons. The molecule has 8 N–H and O–H groups in total. The van der Waals surface area contributed by atoms with E-state index in [0.29, 0.717) is 85.5 Å². The normalized spacial score (nSPS) is 31.6. The lowest BCUT2D eigenvalue weighted by Gasteiger charge is -2.42. The van der Waals surface area contributed by atoms with Gasteiger partial charge in [-0.3, -0.25) is 14.7 Å². The third-order valence-corrected chi connectivity index (χ3v) is 17.4. The van der Waals surface area contributed by atoms with Crippen molar-refractivity contribution < 1.29 is 20.1 Å². The third kappa shape index (κ3) is 30.0. The van der Waals surface area contributed by atoms with E-state index in [9.17, 15) is 15.3 Å². The summed E-state index contributed by atoms with van der Waals surface area (Å²) in [4.78, 5) is 14.8. The second-order valence-corrected chi connectivity index (χ2v) is 27.4. The second kappa shape index (κ2) is 39.8. The number of methoxy groups -OCH3 is 1. The fourth-order valence-corrected chi connectivity index (χ4v) is 12.2. The molecular formula is C62H135N11O4. The molecular weight excluding hydrogens is 963 g/mol. The lowest BCUT2D eigenvalue weighted by atomic mass is 9.91. The van der Waals surface area contributed by atoms with E-state index < -0.39 is 12.2 Å². The Bertz CT molecular complexity index is 1430. The van der Waals surface area contributed by atoms with Crippen molar-refractivity contribution in [2.45, 2.75) is 240 Å². The molecule has 0 aromatic carbocycles. The Labute approximate surface area is 478 Å². The zero-order valence-corrected chi connectivity index (χ0v) is 54.9. The van der Waals surface area contributed by atoms with E-state index in [4.69, 9.17) is 4.74 Å². The van der Waals surface area contributed by atoms with E-state index >= 15 is 0 Å². The van der Waals surface area contributed by atoms with Crippen molar-refractivity contribution in [2.75, 3.05) is 128 Å². The van der Waals surface area contributed by atoms with Crippen molar-refractivity contribution >= 4 is 0 Å². The molecule has 0 aromatic heterocycles. The molecule has 15 nitrogen and oxygen atoms in total. The lowest BCUT2D eigenvalue weighted by molar-refractivity contribution is 0.000473. The van der Waals surface area contributed by atoms with Crippen molar-refractivity contribution in [3.8, 4) is 0 Å². The SMILES string of the molecule is CCCC[C@@H](C)[C@@H](O)[C@@H]1CN[C@H]([C@@H](C)O)CN(C)[C@@H](CO)CN(C)[C@H](C(C)OC)CN[C@@H](CC(C)C)CN(C)[C@@H](CC(C)C)CN[C@@H](C)CN[C@H](C)CN(C)[C@@H](CC(C)C)CN[C@@H](CC(C)C)CN(C)[C@@H](C(C)C)CN1C. The first-order chi connectivity index (χ1) is 36.0. The Kier molecular flexibility index (Phi) is 38.5. The summed E-state index contributed by atoms with van der Waals surface area (Å²) in [5, 5.41) is 54.6. The number of hydrogen-bond donors (Lipinski definition) is 8. The minimum atomic E-state index is -0.650. The van der Waals surface area contributed by atoms with Gasteiger partial charge in [-0.1, -0.05) is 95.9 Å². The maximum atomic E-state index is 12.3. The Hall–Kier alpha value is -0.600. The first-order valence-corrected chi connectivity index (χ1v) is 31.4. The highest BCUT2D eigenvalue weighted by atomic mass is 16.5. The van der Waals surface area contributed by atoms with Crippen LogP contribution in [-0.4, -0.2) is 257 Å². The number of aliphatic hydroxyl groups excluding tert-OH is 3. The minimum Gasteiger partial charge on any atom is -0.395 e. The van der Waals surface area contributed by atoms with E-state index in [1.165, 1.54) is 0 Å². The van der Waals surface area contributed by atoms with Crippen LogP contribution in [0.3, 0.4) is 0 Å². The maximum absolute atomic E-state index is 12.3. The summed E-state index contributed by atoms with van der Waals surface area (Å²) in [5.74, 6) is 2.79. The third-order valence-electron chi connectivity index (χ3n) is 17.4. The van der Waals surface area contributed by atoms with Gasteiger partial charge in [0.05, 0.1) is 24.9 Å². The summed E-state index contributed by atoms with van der Waals surface area (Å²) in [6.45, 7) is 45.5. The van der Waals surface area contributed by atoms with Crippen LogP contribution in [0.25, 0.3) is 0 Å². The van der Waals surface area contributed by atoms with Crippen molar-refractivity contribution in [1.82, 2.24) is 56.0 Å². The largest absolute Gasteiger partial charge is 0.395 e. The van der Waals surface area contributed by atoms with Crippen LogP contribution in [0.4, 0.5) is 0 Å². The molecule has 1 fully saturated rings. The molecule has 77 heavy (non-hydrogen) atoms. The maximum Gasteiger partial charge on any atom is 0.0733 e. The van der Waals surface area contributed by atoms with Gasteiger partial charge < -0.3 is 61.3 Å². The van der Waals surface area contributed by atoms with Crippen LogP contribution in [0.5, 0.6) is 0 Å². The average molecular weight is 1100 g/mol. The Morgan fingerprint density at radius 3 is 1.43 bits per heavy atom. The number of likely N-dealkylation sites (N-methyl/N-ethyl adjacent to an activating group) is 6. The van der Waals surface area contributed by atoms with Gasteiger partial charge in [-0.05, 0) is 138 Å². The smallest absolute Gasteiger partial charge is 0.0733 e. The zero-order chi connectivity index (χ0) is 58.7. The molecule has 1 aliphatic heterocycles. The highest BCUT2D eigenvalue weighted by Crippen LogP contribution is 2.22. The van der Waals surface area contributed by atoms with Gasteiger partial charge >= 0.3 is 0 Å². The fraction of sp³-hybridized carbons (Fsp3) is 1.00. The molecule has 0 bridgehead atoms. The summed E-state index contributed by atoms with van der Waals surface area (Å²) in [6.07, 6.45) is 6.35. The van der Waals surface area contributed by atoms with E-state index in [-0.39, 0.29) is 48.8 Å². The van der Waals surface area contributed by atoms with Crippen LogP contribution >= 0.6 is 0 Å². The summed E-state index contributed by atoms with van der Waals surface area (Å²) in [6, 6.07) is 1.84. The number of nitrogens with one attached hydrogen (secondary N) is 5. The standard InChI is InChI=1S/C62H135N11O4/c1-24-25-26-48(12)62(76)60-35-67-58(51(15)75)40-70(19)57(42-74)39-72(21)59(52(16)77-23)34-66-53(27-43(2)3)37-69(18)55(29-45(6)7)32-64-49(13)31-63-50(14)36-68(17)56(30-46(8)9)33-65-54(28-44(4)5)38-71(20)61(47(10)11)41-73(60)22/h43-67,74-76H,24-42H2,1-23H3/t48-,49+,50-,51-,52?,53+,54+,55+,56+,57-,58+,59+,60+,61-,62-/m1/s1. The number of ether oxygens (including phenoxy) is 1. The minimum absolute atomic E-state index is 0.0130. The van der Waals surface area contributed by atoms with E-state index in [1.807, 2.05) is 6.92 Å². The van der Waals surface area contributed by atoms with Gasteiger partial charge in [0.25, 0.3) is 0 Å². The van der Waals surface area contributed by atoms with Gasteiger partial charge in [0, 0.05) is 146 Å². The van der Waals surface area contributed by atoms with Crippen LogP contribution in [0, 0.1) is 35.5 Å². The van der Waals surface area contributed by atoms with Gasteiger partial charge in [0.15, 0.2) is 0 Å². The second-order valence-electron chi connectivity index (χ2n) is 27.4. The predicted molar refractivity (Wildman–Crippen MR) is 331 cm³/mol. The van der Waals surface area contributed by atoms with Gasteiger partial charge in [-0.25, -0.2) is 0 Å². The van der Waals surface area contributed by atoms with Crippen LogP contribution in [-0.2, 0) is 4.74 Å². The van der Waals surface area contributed by atoms with Crippen LogP contribution in [0.2, 0.25) is 0 Å². The first kappa shape index (κ1) is 74.4. The van der Waals surface area contributed by atoms with Crippen molar-refractivity contribution in [3.63, 3.8) is 0 Å². The molecule has 1 rings (SSSR count). The molecule has 0 amide bonds. The van der Waals surface area contributed by atoms with Crippen molar-refractivity contribution in [2.24, 2.45) is 35.5 Å². The molecule has 0 saturated carbocycles. The number of unbranched alkanes of at least 4 members (excludes halogenated alkanes) is 1. The van der Waals surface area contributed by atoms with Crippen LogP contribution in [0.15, 0.2) is 0 Å².